The monoisotopic (exact) mass is 278 g/mol. The molecule has 1 aliphatic heterocycles. The number of rotatable bonds is 5. The van der Waals surface area contributed by atoms with E-state index in [9.17, 15) is 10.0 Å². The molecular weight excluding hydrogens is 256 g/mol. The van der Waals surface area contributed by atoms with E-state index >= 15 is 0 Å². The molecule has 0 amide bonds. The van der Waals surface area contributed by atoms with Gasteiger partial charge in [0.05, 0.1) is 6.61 Å². The highest BCUT2D eigenvalue weighted by Crippen LogP contribution is 2.44. The van der Waals surface area contributed by atoms with Crippen LogP contribution in [0.3, 0.4) is 0 Å². The van der Waals surface area contributed by atoms with E-state index in [-0.39, 0.29) is 24.7 Å². The van der Waals surface area contributed by atoms with Crippen LogP contribution >= 0.6 is 0 Å². The molecule has 20 heavy (non-hydrogen) atoms. The molecule has 5 heteroatoms. The third-order valence-corrected chi connectivity index (χ3v) is 4.08. The number of hydrogen-bond acceptors (Lipinski definition) is 5. The van der Waals surface area contributed by atoms with Crippen LogP contribution in [0.25, 0.3) is 0 Å². The average Bonchev–Trinajstić information content (AvgIpc) is 2.44. The first-order valence-electron chi connectivity index (χ1n) is 7.00. The number of benzene rings is 1. The van der Waals surface area contributed by atoms with Crippen LogP contribution in [-0.2, 0) is 0 Å². The molecular formula is C15H22N2O3. The maximum Gasteiger partial charge on any atom is 0.108 e. The van der Waals surface area contributed by atoms with E-state index in [0.717, 1.165) is 24.2 Å². The predicted molar refractivity (Wildman–Crippen MR) is 79.5 cm³/mol. The Bertz CT molecular complexity index is 488. The molecule has 0 fully saturated rings. The van der Waals surface area contributed by atoms with Crippen molar-refractivity contribution in [3.63, 3.8) is 0 Å². The van der Waals surface area contributed by atoms with Crippen molar-refractivity contribution in [1.29, 1.82) is 0 Å². The van der Waals surface area contributed by atoms with Crippen molar-refractivity contribution in [2.24, 2.45) is 5.18 Å². The number of fused-ring (bicyclic) bond motifs is 1. The molecule has 0 aromatic heterocycles. The minimum atomic E-state index is -0.0916. The quantitative estimate of drug-likeness (QED) is 0.812. The summed E-state index contributed by atoms with van der Waals surface area (Å²) >= 11 is 0. The second-order valence-electron chi connectivity index (χ2n) is 5.96. The van der Waals surface area contributed by atoms with Crippen molar-refractivity contribution in [3.8, 4) is 0 Å². The van der Waals surface area contributed by atoms with E-state index in [1.807, 2.05) is 6.07 Å². The Kier molecular flexibility index (Phi) is 4.40. The molecule has 1 unspecified atom stereocenters. The number of aliphatic hydroxyl groups is 2. The fourth-order valence-electron chi connectivity index (χ4n) is 3.14. The van der Waals surface area contributed by atoms with Crippen LogP contribution in [0.4, 0.5) is 11.4 Å². The lowest BCUT2D eigenvalue weighted by atomic mass is 9.79. The molecule has 0 saturated carbocycles. The van der Waals surface area contributed by atoms with Gasteiger partial charge in [-0.2, -0.15) is 0 Å². The van der Waals surface area contributed by atoms with E-state index in [0.29, 0.717) is 12.1 Å². The van der Waals surface area contributed by atoms with Crippen molar-refractivity contribution < 1.29 is 10.2 Å². The molecule has 1 aromatic carbocycles. The third kappa shape index (κ3) is 2.69. The molecule has 2 N–H and O–H groups in total. The molecule has 110 valence electrons. The van der Waals surface area contributed by atoms with Crippen LogP contribution in [0.5, 0.6) is 0 Å². The summed E-state index contributed by atoms with van der Waals surface area (Å²) < 4.78 is 0. The molecule has 1 heterocycles. The molecule has 0 bridgehead atoms. The second-order valence-corrected chi connectivity index (χ2v) is 5.96. The van der Waals surface area contributed by atoms with E-state index in [4.69, 9.17) is 5.11 Å². The van der Waals surface area contributed by atoms with Gasteiger partial charge in [-0.1, -0.05) is 0 Å². The normalized spacial score (nSPS) is 20.6. The third-order valence-electron chi connectivity index (χ3n) is 4.08. The van der Waals surface area contributed by atoms with Crippen LogP contribution < -0.4 is 4.90 Å². The standard InChI is InChI=1S/C15H22N2O3/c1-15(2)9-11(10-19)13-8-12(16-20)4-5-14(13)17(15)6-3-7-18/h4-5,8,11,18-19H,3,6-7,9-10H2,1-2H3. The molecule has 0 aliphatic carbocycles. The zero-order valence-corrected chi connectivity index (χ0v) is 12.0. The molecule has 1 atom stereocenters. The minimum Gasteiger partial charge on any atom is -0.396 e. The van der Waals surface area contributed by atoms with Crippen molar-refractivity contribution >= 4 is 11.4 Å². The lowest BCUT2D eigenvalue weighted by molar-refractivity contribution is 0.226. The zero-order chi connectivity index (χ0) is 14.8. The highest BCUT2D eigenvalue weighted by atomic mass is 16.3. The Balaban J connectivity index is 2.46. The van der Waals surface area contributed by atoms with Crippen LogP contribution in [-0.4, -0.2) is 35.5 Å². The summed E-state index contributed by atoms with van der Waals surface area (Å²) in [5, 5.41) is 21.7. The molecule has 1 aliphatic rings. The highest BCUT2D eigenvalue weighted by Gasteiger charge is 2.37. The number of anilines is 1. The summed E-state index contributed by atoms with van der Waals surface area (Å²) in [4.78, 5) is 13.0. The molecule has 1 aromatic rings. The second kappa shape index (κ2) is 5.89. The molecule has 5 nitrogen and oxygen atoms in total. The summed E-state index contributed by atoms with van der Waals surface area (Å²) in [6, 6.07) is 5.37. The maximum absolute atomic E-state index is 10.7. The molecule has 0 spiro atoms. The molecule has 0 saturated heterocycles. The van der Waals surface area contributed by atoms with Crippen LogP contribution in [0.15, 0.2) is 23.4 Å². The smallest absolute Gasteiger partial charge is 0.108 e. The van der Waals surface area contributed by atoms with Gasteiger partial charge in [0.1, 0.15) is 5.69 Å². The Morgan fingerprint density at radius 1 is 1.40 bits per heavy atom. The zero-order valence-electron chi connectivity index (χ0n) is 12.0. The average molecular weight is 278 g/mol. The van der Waals surface area contributed by atoms with Gasteiger partial charge in [0.2, 0.25) is 0 Å². The van der Waals surface area contributed by atoms with E-state index in [1.165, 1.54) is 0 Å². The molecule has 0 radical (unpaired) electrons. The van der Waals surface area contributed by atoms with Crippen LogP contribution in [0.2, 0.25) is 0 Å². The first-order chi connectivity index (χ1) is 9.53. The fourth-order valence-corrected chi connectivity index (χ4v) is 3.14. The summed E-state index contributed by atoms with van der Waals surface area (Å²) in [7, 11) is 0. The van der Waals surface area contributed by atoms with E-state index < -0.39 is 0 Å². The van der Waals surface area contributed by atoms with Gasteiger partial charge in [-0.05, 0) is 55.6 Å². The predicted octanol–water partition coefficient (Wildman–Crippen LogP) is 2.53. The Morgan fingerprint density at radius 3 is 2.75 bits per heavy atom. The SMILES string of the molecule is CC1(C)CC(CO)c2cc(N=O)ccc2N1CCCO. The van der Waals surface area contributed by atoms with Crippen molar-refractivity contribution in [1.82, 2.24) is 0 Å². The summed E-state index contributed by atoms with van der Waals surface area (Å²) in [6.07, 6.45) is 1.50. The maximum atomic E-state index is 10.7. The number of nitroso groups, excluding NO2 is 1. The topological polar surface area (TPSA) is 73.1 Å². The lowest BCUT2D eigenvalue weighted by Gasteiger charge is -2.48. The number of hydrogen-bond donors (Lipinski definition) is 2. The largest absolute Gasteiger partial charge is 0.396 e. The van der Waals surface area contributed by atoms with Gasteiger partial charge in [0.15, 0.2) is 0 Å². The van der Waals surface area contributed by atoms with Crippen LogP contribution in [0.1, 0.15) is 38.2 Å². The Hall–Kier alpha value is -1.46. The van der Waals surface area contributed by atoms with Gasteiger partial charge in [-0.3, -0.25) is 0 Å². The van der Waals surface area contributed by atoms with E-state index in [1.54, 1.807) is 12.1 Å². The summed E-state index contributed by atoms with van der Waals surface area (Å²) in [5.74, 6) is 0.0204. The van der Waals surface area contributed by atoms with Gasteiger partial charge in [-0.25, -0.2) is 0 Å². The van der Waals surface area contributed by atoms with Gasteiger partial charge >= 0.3 is 0 Å². The van der Waals surface area contributed by atoms with Gasteiger partial charge in [-0.15, -0.1) is 4.91 Å². The van der Waals surface area contributed by atoms with Gasteiger partial charge in [0.25, 0.3) is 0 Å². The van der Waals surface area contributed by atoms with Crippen molar-refractivity contribution in [2.45, 2.75) is 38.1 Å². The van der Waals surface area contributed by atoms with Crippen LogP contribution in [0, 0.1) is 4.91 Å². The Morgan fingerprint density at radius 2 is 2.15 bits per heavy atom. The highest BCUT2D eigenvalue weighted by molar-refractivity contribution is 5.64. The fraction of sp³-hybridized carbons (Fsp3) is 0.600. The summed E-state index contributed by atoms with van der Waals surface area (Å²) in [6.45, 7) is 5.25. The number of aliphatic hydroxyl groups excluding tert-OH is 2. The molecule has 2 rings (SSSR count). The Labute approximate surface area is 119 Å². The van der Waals surface area contributed by atoms with Gasteiger partial charge < -0.3 is 15.1 Å². The number of nitrogens with zero attached hydrogens (tertiary/aromatic N) is 2. The first kappa shape index (κ1) is 14.9. The minimum absolute atomic E-state index is 0.0204. The van der Waals surface area contributed by atoms with Crippen molar-refractivity contribution in [2.75, 3.05) is 24.7 Å². The van der Waals surface area contributed by atoms with Gasteiger partial charge in [0, 0.05) is 30.3 Å². The van der Waals surface area contributed by atoms with E-state index in [2.05, 4.69) is 23.9 Å². The summed E-state index contributed by atoms with van der Waals surface area (Å²) in [5.41, 5.74) is 2.30. The lowest BCUT2D eigenvalue weighted by Crippen LogP contribution is -2.49. The first-order valence-corrected chi connectivity index (χ1v) is 7.00. The van der Waals surface area contributed by atoms with Crippen molar-refractivity contribution in [3.05, 3.63) is 28.7 Å².